The van der Waals surface area contributed by atoms with Crippen molar-refractivity contribution < 1.29 is 9.59 Å². The fraction of sp³-hybridized carbons (Fsp3) is 0.320. The van der Waals surface area contributed by atoms with E-state index in [1.165, 1.54) is 42.6 Å². The van der Waals surface area contributed by atoms with Crippen molar-refractivity contribution in [1.29, 1.82) is 0 Å². The predicted octanol–water partition coefficient (Wildman–Crippen LogP) is 3.99. The maximum absolute atomic E-state index is 12.3. The average Bonchev–Trinajstić information content (AvgIpc) is 3.31. The van der Waals surface area contributed by atoms with E-state index in [0.29, 0.717) is 28.2 Å². The molecule has 4 rings (SSSR count). The Morgan fingerprint density at radius 2 is 1.82 bits per heavy atom. The molecule has 1 aliphatic carbocycles. The number of hydrogen-bond acceptors (Lipinski definition) is 6. The topological polar surface area (TPSA) is 123 Å². The second kappa shape index (κ2) is 10.6. The van der Waals surface area contributed by atoms with Gasteiger partial charge < -0.3 is 22.1 Å². The summed E-state index contributed by atoms with van der Waals surface area (Å²) >= 11 is 1.37. The van der Waals surface area contributed by atoms with Gasteiger partial charge in [0.05, 0.1) is 12.2 Å². The SMILES string of the molecule is NC[C@H]1CC[C@H](c2cccc(-c3csc(NC(=O)CNC(=O)c4ccc(N)cc4)n3)c2)CC1. The van der Waals surface area contributed by atoms with Crippen molar-refractivity contribution in [2.75, 3.05) is 24.1 Å². The lowest BCUT2D eigenvalue weighted by Crippen LogP contribution is -2.32. The van der Waals surface area contributed by atoms with Crippen LogP contribution in [0.15, 0.2) is 53.9 Å². The Labute approximate surface area is 197 Å². The first-order chi connectivity index (χ1) is 16.0. The van der Waals surface area contributed by atoms with E-state index in [1.54, 1.807) is 24.3 Å². The molecule has 0 bridgehead atoms. The van der Waals surface area contributed by atoms with Crippen molar-refractivity contribution in [2.45, 2.75) is 31.6 Å². The molecule has 1 saturated carbocycles. The molecule has 0 saturated heterocycles. The number of amides is 2. The summed E-state index contributed by atoms with van der Waals surface area (Å²) in [5, 5.41) is 7.81. The van der Waals surface area contributed by atoms with E-state index in [2.05, 4.69) is 33.8 Å². The second-order valence-electron chi connectivity index (χ2n) is 8.47. The number of carbonyl (C=O) groups excluding carboxylic acids is 2. The number of anilines is 2. The summed E-state index contributed by atoms with van der Waals surface area (Å²) in [5.41, 5.74) is 15.7. The van der Waals surface area contributed by atoms with Gasteiger partial charge in [0.25, 0.3) is 5.91 Å². The van der Waals surface area contributed by atoms with Crippen LogP contribution in [0.4, 0.5) is 10.8 Å². The predicted molar refractivity (Wildman–Crippen MR) is 133 cm³/mol. The van der Waals surface area contributed by atoms with Crippen molar-refractivity contribution in [3.8, 4) is 11.3 Å². The zero-order chi connectivity index (χ0) is 23.2. The lowest BCUT2D eigenvalue weighted by molar-refractivity contribution is -0.115. The van der Waals surface area contributed by atoms with Crippen LogP contribution in [0.2, 0.25) is 0 Å². The van der Waals surface area contributed by atoms with Crippen molar-refractivity contribution in [3.05, 3.63) is 65.0 Å². The highest BCUT2D eigenvalue weighted by molar-refractivity contribution is 7.14. The van der Waals surface area contributed by atoms with Crippen molar-refractivity contribution >= 4 is 34.0 Å². The molecule has 6 N–H and O–H groups in total. The molecule has 8 heteroatoms. The summed E-state index contributed by atoms with van der Waals surface area (Å²) in [5.74, 6) is 0.563. The molecule has 33 heavy (non-hydrogen) atoms. The molecule has 2 aromatic carbocycles. The van der Waals surface area contributed by atoms with Crippen molar-refractivity contribution in [2.24, 2.45) is 11.7 Å². The van der Waals surface area contributed by atoms with E-state index in [4.69, 9.17) is 11.5 Å². The summed E-state index contributed by atoms with van der Waals surface area (Å²) in [6.07, 6.45) is 4.72. The summed E-state index contributed by atoms with van der Waals surface area (Å²) in [6.45, 7) is 0.643. The smallest absolute Gasteiger partial charge is 0.251 e. The number of thiazole rings is 1. The van der Waals surface area contributed by atoms with Gasteiger partial charge in [-0.1, -0.05) is 18.2 Å². The van der Waals surface area contributed by atoms with Crippen LogP contribution in [0.25, 0.3) is 11.3 Å². The maximum atomic E-state index is 12.3. The van der Waals surface area contributed by atoms with Gasteiger partial charge in [-0.05, 0) is 80.0 Å². The number of nitrogen functional groups attached to an aromatic ring is 1. The first kappa shape index (κ1) is 22.9. The summed E-state index contributed by atoms with van der Waals surface area (Å²) < 4.78 is 0. The molecule has 2 amide bonds. The van der Waals surface area contributed by atoms with Gasteiger partial charge in [0.15, 0.2) is 5.13 Å². The minimum Gasteiger partial charge on any atom is -0.399 e. The number of carbonyl (C=O) groups is 2. The Bertz CT molecular complexity index is 1100. The number of hydrogen-bond donors (Lipinski definition) is 4. The van der Waals surface area contributed by atoms with E-state index < -0.39 is 0 Å². The molecular weight excluding hydrogens is 434 g/mol. The van der Waals surface area contributed by atoms with Crippen LogP contribution in [0.5, 0.6) is 0 Å². The van der Waals surface area contributed by atoms with Gasteiger partial charge in [0.2, 0.25) is 5.91 Å². The molecule has 1 aliphatic rings. The molecule has 0 aliphatic heterocycles. The molecule has 1 heterocycles. The molecule has 1 aromatic heterocycles. The van der Waals surface area contributed by atoms with Crippen LogP contribution in [0.3, 0.4) is 0 Å². The Hall–Kier alpha value is -3.23. The molecule has 172 valence electrons. The highest BCUT2D eigenvalue weighted by Gasteiger charge is 2.22. The first-order valence-electron chi connectivity index (χ1n) is 11.2. The van der Waals surface area contributed by atoms with Crippen LogP contribution >= 0.6 is 11.3 Å². The molecule has 3 aromatic rings. The molecule has 0 spiro atoms. The number of benzene rings is 2. The Morgan fingerprint density at radius 3 is 2.55 bits per heavy atom. The molecule has 0 radical (unpaired) electrons. The van der Waals surface area contributed by atoms with Gasteiger partial charge in [-0.2, -0.15) is 0 Å². The summed E-state index contributed by atoms with van der Waals surface area (Å²) in [6, 6.07) is 15.0. The largest absolute Gasteiger partial charge is 0.399 e. The normalized spacial score (nSPS) is 18.0. The van der Waals surface area contributed by atoms with E-state index in [9.17, 15) is 9.59 Å². The third-order valence-corrected chi connectivity index (χ3v) is 6.92. The van der Waals surface area contributed by atoms with Crippen LogP contribution in [0.1, 0.15) is 47.5 Å². The standard InChI is InChI=1S/C25H29N5O2S/c26-13-16-4-6-17(7-5-16)19-2-1-3-20(12-19)22-15-33-25(29-22)30-23(31)14-28-24(32)18-8-10-21(27)11-9-18/h1-3,8-12,15-17H,4-7,13-14,26-27H2,(H,28,32)(H,29,30,31)/t16-,17-. The van der Waals surface area contributed by atoms with Crippen molar-refractivity contribution in [1.82, 2.24) is 10.3 Å². The highest BCUT2D eigenvalue weighted by Crippen LogP contribution is 2.37. The van der Waals surface area contributed by atoms with Gasteiger partial charge in [-0.15, -0.1) is 11.3 Å². The monoisotopic (exact) mass is 463 g/mol. The molecule has 0 atom stereocenters. The first-order valence-corrected chi connectivity index (χ1v) is 12.1. The Balaban J connectivity index is 1.33. The third kappa shape index (κ3) is 5.97. The molecule has 1 fully saturated rings. The van der Waals surface area contributed by atoms with Crippen LogP contribution < -0.4 is 22.1 Å². The van der Waals surface area contributed by atoms with Gasteiger partial charge in [0, 0.05) is 22.2 Å². The van der Waals surface area contributed by atoms with Gasteiger partial charge in [0.1, 0.15) is 0 Å². The minimum atomic E-state index is -0.331. The zero-order valence-corrected chi connectivity index (χ0v) is 19.2. The number of aromatic nitrogens is 1. The summed E-state index contributed by atoms with van der Waals surface area (Å²) in [7, 11) is 0. The second-order valence-corrected chi connectivity index (χ2v) is 9.33. The number of nitrogens with one attached hydrogen (secondary N) is 2. The number of rotatable bonds is 7. The zero-order valence-electron chi connectivity index (χ0n) is 18.4. The van der Waals surface area contributed by atoms with E-state index in [0.717, 1.165) is 17.8 Å². The van der Waals surface area contributed by atoms with E-state index in [1.807, 2.05) is 11.4 Å². The average molecular weight is 464 g/mol. The van der Waals surface area contributed by atoms with E-state index in [-0.39, 0.29) is 18.4 Å². The van der Waals surface area contributed by atoms with Gasteiger partial charge in [-0.3, -0.25) is 9.59 Å². The van der Waals surface area contributed by atoms with E-state index >= 15 is 0 Å². The maximum Gasteiger partial charge on any atom is 0.251 e. The fourth-order valence-corrected chi connectivity index (χ4v) is 4.94. The van der Waals surface area contributed by atoms with Crippen LogP contribution in [-0.4, -0.2) is 29.9 Å². The third-order valence-electron chi connectivity index (χ3n) is 6.17. The van der Waals surface area contributed by atoms with Crippen LogP contribution in [-0.2, 0) is 4.79 Å². The molecule has 0 unspecified atom stereocenters. The lowest BCUT2D eigenvalue weighted by atomic mass is 9.78. The quantitative estimate of drug-likeness (QED) is 0.395. The highest BCUT2D eigenvalue weighted by atomic mass is 32.1. The molecular formula is C25H29N5O2S. The fourth-order valence-electron chi connectivity index (χ4n) is 4.21. The Morgan fingerprint density at radius 1 is 1.06 bits per heavy atom. The van der Waals surface area contributed by atoms with Gasteiger partial charge in [-0.25, -0.2) is 4.98 Å². The number of nitrogens with two attached hydrogens (primary N) is 2. The van der Waals surface area contributed by atoms with Crippen molar-refractivity contribution in [3.63, 3.8) is 0 Å². The minimum absolute atomic E-state index is 0.140. The Kier molecular flexibility index (Phi) is 7.36. The van der Waals surface area contributed by atoms with Crippen LogP contribution in [0, 0.1) is 5.92 Å². The molecule has 7 nitrogen and oxygen atoms in total. The summed E-state index contributed by atoms with van der Waals surface area (Å²) in [4.78, 5) is 29.0. The van der Waals surface area contributed by atoms with Gasteiger partial charge >= 0.3 is 0 Å². The lowest BCUT2D eigenvalue weighted by Gasteiger charge is -2.28. The number of nitrogens with zero attached hydrogens (tertiary/aromatic N) is 1.